The van der Waals surface area contributed by atoms with Gasteiger partial charge in [-0.2, -0.15) is 15.0 Å². The summed E-state index contributed by atoms with van der Waals surface area (Å²) in [6.07, 6.45) is 0. The van der Waals surface area contributed by atoms with Crippen LogP contribution in [0, 0.1) is 0 Å². The molecule has 0 fully saturated rings. The second kappa shape index (κ2) is 13.9. The van der Waals surface area contributed by atoms with E-state index in [0.29, 0.717) is 11.4 Å². The molecular weight excluding hydrogens is 596 g/mol. The quantitative estimate of drug-likeness (QED) is 0.125. The van der Waals surface area contributed by atoms with Gasteiger partial charge in [0.15, 0.2) is 9.84 Å². The van der Waals surface area contributed by atoms with Crippen LogP contribution in [0.5, 0.6) is 0 Å². The van der Waals surface area contributed by atoms with Crippen molar-refractivity contribution in [3.05, 3.63) is 53.8 Å². The normalized spacial score (nSPS) is 11.6. The van der Waals surface area contributed by atoms with Gasteiger partial charge in [-0.15, -0.1) is 0 Å². The van der Waals surface area contributed by atoms with Crippen LogP contribution < -0.4 is 69.7 Å². The van der Waals surface area contributed by atoms with Crippen molar-refractivity contribution < 1.29 is 97.7 Å². The summed E-state index contributed by atoms with van der Waals surface area (Å²) < 4.78 is 92.7. The Kier molecular flexibility index (Phi) is 12.8. The van der Waals surface area contributed by atoms with Crippen LogP contribution >= 0.6 is 11.6 Å². The Labute approximate surface area is 261 Å². The largest absolute Gasteiger partial charge is 1.00 e. The third kappa shape index (κ3) is 11.0. The Hall–Kier alpha value is -0.930. The number of hydrogen-bond donors (Lipinski definition) is 2. The monoisotopic (exact) mass is 609 g/mol. The number of rotatable bonds is 10. The fraction of sp³-hybridized carbons (Fsp3) is 0.118. The van der Waals surface area contributed by atoms with E-state index in [-0.39, 0.29) is 81.2 Å². The van der Waals surface area contributed by atoms with Crippen LogP contribution in [0.25, 0.3) is 0 Å². The number of aromatic nitrogens is 3. The van der Waals surface area contributed by atoms with E-state index in [4.69, 9.17) is 11.6 Å². The summed E-state index contributed by atoms with van der Waals surface area (Å²) in [5.74, 6) is -0.755. The van der Waals surface area contributed by atoms with Gasteiger partial charge in [-0.3, -0.25) is 4.18 Å². The number of anilines is 4. The first kappa shape index (κ1) is 34.1. The predicted molar refractivity (Wildman–Crippen MR) is 120 cm³/mol. The van der Waals surface area contributed by atoms with E-state index in [1.54, 1.807) is 0 Å². The number of sulfone groups is 1. The van der Waals surface area contributed by atoms with Crippen LogP contribution in [0.3, 0.4) is 0 Å². The molecule has 0 radical (unpaired) electrons. The molecule has 0 spiro atoms. The van der Waals surface area contributed by atoms with Gasteiger partial charge in [0.05, 0.1) is 22.2 Å². The first-order valence-corrected chi connectivity index (χ1v) is 13.9. The molecule has 0 aliphatic carbocycles. The van der Waals surface area contributed by atoms with Crippen molar-refractivity contribution in [1.82, 2.24) is 15.0 Å². The van der Waals surface area contributed by atoms with Gasteiger partial charge in [0.2, 0.25) is 27.6 Å². The smallest absolute Gasteiger partial charge is 0.744 e. The number of nitrogens with zero attached hydrogens (tertiary/aromatic N) is 3. The number of benzene rings is 2. The van der Waals surface area contributed by atoms with E-state index in [1.807, 2.05) is 0 Å². The summed E-state index contributed by atoms with van der Waals surface area (Å²) in [5, 5.41) is 5.37. The Balaban J connectivity index is 0.00000342. The summed E-state index contributed by atoms with van der Waals surface area (Å²) in [5.41, 5.74) is 0.717. The minimum Gasteiger partial charge on any atom is -0.744 e. The molecule has 0 amide bonds. The molecule has 0 bridgehead atoms. The summed E-state index contributed by atoms with van der Waals surface area (Å²) in [7, 11) is -13.5. The Morgan fingerprint density at radius 1 is 0.730 bits per heavy atom. The van der Waals surface area contributed by atoms with Gasteiger partial charge < -0.3 is 19.7 Å². The Morgan fingerprint density at radius 2 is 1.16 bits per heavy atom. The van der Waals surface area contributed by atoms with Gasteiger partial charge in [-0.1, -0.05) is 0 Å². The topological polar surface area (TPSA) is 220 Å². The van der Waals surface area contributed by atoms with E-state index >= 15 is 0 Å². The van der Waals surface area contributed by atoms with Gasteiger partial charge in [0, 0.05) is 11.4 Å². The molecule has 1 aromatic heterocycles. The average Bonchev–Trinajstić information content (AvgIpc) is 2.72. The first-order valence-electron chi connectivity index (χ1n) is 9.16. The van der Waals surface area contributed by atoms with Crippen molar-refractivity contribution in [1.29, 1.82) is 0 Å². The zero-order valence-electron chi connectivity index (χ0n) is 19.2. The molecule has 0 aliphatic rings. The van der Waals surface area contributed by atoms with Crippen LogP contribution in [0.4, 0.5) is 23.3 Å². The fourth-order valence-corrected chi connectivity index (χ4v) is 4.65. The Bertz CT molecular complexity index is 1540. The standard InChI is InChI=1S/C17H16ClN5O9S3.2Na/c18-15-21-16(23-17(22-15)20-12-3-7-14(8-4-12)34(26,27)28)19-11-1-5-13(6-2-11)33(24,25)10-9-32-35(29,30)31;;/h1-8H,9-10H2,(H,26,27,28)(H,29,30,31)(H2,19,20,21,22,23);;/q;2*+1/p-2. The first-order chi connectivity index (χ1) is 16.2. The summed E-state index contributed by atoms with van der Waals surface area (Å²) >= 11 is 5.91. The molecule has 37 heavy (non-hydrogen) atoms. The van der Waals surface area contributed by atoms with Gasteiger partial charge in [0.1, 0.15) is 10.1 Å². The second-order valence-electron chi connectivity index (χ2n) is 6.55. The zero-order chi connectivity index (χ0) is 25.9. The van der Waals surface area contributed by atoms with Crippen molar-refractivity contribution >= 4 is 65.2 Å². The van der Waals surface area contributed by atoms with Crippen molar-refractivity contribution in [3.8, 4) is 0 Å². The van der Waals surface area contributed by atoms with Gasteiger partial charge in [-0.25, -0.2) is 25.3 Å². The van der Waals surface area contributed by atoms with Gasteiger partial charge in [-0.05, 0) is 60.1 Å². The molecule has 14 nitrogen and oxygen atoms in total. The summed E-state index contributed by atoms with van der Waals surface area (Å²) in [6.45, 7) is -0.817. The van der Waals surface area contributed by atoms with Crippen LogP contribution in [0.1, 0.15) is 0 Å². The fourth-order valence-electron chi connectivity index (χ4n) is 2.53. The summed E-state index contributed by atoms with van der Waals surface area (Å²) in [6, 6.07) is 10.1. The number of nitrogens with one attached hydrogen (secondary N) is 2. The van der Waals surface area contributed by atoms with E-state index < -0.39 is 47.6 Å². The van der Waals surface area contributed by atoms with E-state index in [0.717, 1.165) is 12.1 Å². The van der Waals surface area contributed by atoms with E-state index in [1.165, 1.54) is 36.4 Å². The third-order valence-electron chi connectivity index (χ3n) is 4.06. The van der Waals surface area contributed by atoms with Crippen LogP contribution in [0.15, 0.2) is 58.3 Å². The van der Waals surface area contributed by atoms with Gasteiger partial charge >= 0.3 is 59.1 Å². The molecule has 0 saturated carbocycles. The molecule has 2 aromatic carbocycles. The molecule has 0 aliphatic heterocycles. The number of halogens is 1. The molecule has 1 heterocycles. The van der Waals surface area contributed by atoms with Crippen molar-refractivity contribution in [3.63, 3.8) is 0 Å². The van der Waals surface area contributed by atoms with Crippen LogP contribution in [0.2, 0.25) is 5.28 Å². The minimum atomic E-state index is -5.00. The molecule has 0 saturated heterocycles. The molecular formula is C17H14ClN5Na2O9S3. The maximum absolute atomic E-state index is 12.2. The molecule has 0 atom stereocenters. The molecule has 0 unspecified atom stereocenters. The van der Waals surface area contributed by atoms with Crippen LogP contribution in [-0.4, -0.2) is 61.7 Å². The van der Waals surface area contributed by atoms with Crippen molar-refractivity contribution in [2.24, 2.45) is 0 Å². The second-order valence-corrected chi connectivity index (χ2v) is 11.4. The van der Waals surface area contributed by atoms with Crippen molar-refractivity contribution in [2.75, 3.05) is 23.0 Å². The molecule has 3 rings (SSSR count). The zero-order valence-corrected chi connectivity index (χ0v) is 26.4. The maximum Gasteiger partial charge on any atom is 1.00 e. The Morgan fingerprint density at radius 3 is 1.57 bits per heavy atom. The minimum absolute atomic E-state index is 0. The third-order valence-corrected chi connectivity index (χ3v) is 7.22. The molecule has 2 N–H and O–H groups in total. The number of hydrogen-bond acceptors (Lipinski definition) is 14. The summed E-state index contributed by atoms with van der Waals surface area (Å²) in [4.78, 5) is 11.3. The van der Waals surface area contributed by atoms with Crippen LogP contribution in [-0.2, 0) is 34.5 Å². The van der Waals surface area contributed by atoms with E-state index in [9.17, 15) is 34.4 Å². The van der Waals surface area contributed by atoms with E-state index in [2.05, 4.69) is 29.8 Å². The molecule has 188 valence electrons. The average molecular weight is 610 g/mol. The van der Waals surface area contributed by atoms with Crippen molar-refractivity contribution in [2.45, 2.75) is 9.79 Å². The maximum atomic E-state index is 12.2. The SMILES string of the molecule is O=S(=O)([O-])OCCS(=O)(=O)c1ccc(Nc2nc(Cl)nc(Nc3ccc(S(=O)(=O)[O-])cc3)n2)cc1.[Na+].[Na+]. The predicted octanol–water partition coefficient (Wildman–Crippen LogP) is -4.83. The molecule has 3 aromatic rings. The molecule has 20 heteroatoms. The van der Waals surface area contributed by atoms with Gasteiger partial charge in [0.25, 0.3) is 0 Å².